The first kappa shape index (κ1) is 47.6. The largest absolute Gasteiger partial charge is 0.453 e. The van der Waals surface area contributed by atoms with Crippen molar-refractivity contribution in [2.45, 2.75) is 26.2 Å². The van der Waals surface area contributed by atoms with Crippen LogP contribution in [0.5, 0.6) is 23.0 Å². The second-order valence-electron chi connectivity index (χ2n) is 29.7. The van der Waals surface area contributed by atoms with Crippen LogP contribution in [0.2, 0.25) is 0 Å². The molecule has 1 aromatic heterocycles. The third-order valence-corrected chi connectivity index (χ3v) is 22.9. The zero-order valence-electron chi connectivity index (χ0n) is 75.3. The molecule has 0 radical (unpaired) electrons. The van der Waals surface area contributed by atoms with E-state index in [1.165, 1.54) is 4.57 Å². The number of fused-ring (bicyclic) bond motifs is 14. The highest BCUT2D eigenvalue weighted by molar-refractivity contribution is 7.06. The monoisotopic (exact) mass is 1420 g/mol. The average molecular weight is 1420 g/mol. The van der Waals surface area contributed by atoms with Crippen LogP contribution < -0.4 is 66.8 Å². The Kier molecular flexibility index (Phi) is 9.86. The second kappa shape index (κ2) is 22.8. The van der Waals surface area contributed by atoms with Gasteiger partial charge in [-0.25, -0.2) is 0 Å². The number of hydrogen-bond donors (Lipinski definition) is 0. The number of para-hydroxylation sites is 9. The van der Waals surface area contributed by atoms with Crippen molar-refractivity contribution in [3.05, 3.63) is 351 Å². The Morgan fingerprint density at radius 1 is 0.291 bits per heavy atom. The van der Waals surface area contributed by atoms with Crippen molar-refractivity contribution in [1.29, 1.82) is 0 Å². The predicted octanol–water partition coefficient (Wildman–Crippen LogP) is 22.9. The van der Waals surface area contributed by atoms with Gasteiger partial charge in [0.05, 0.1) is 67.1 Å². The van der Waals surface area contributed by atoms with E-state index in [1.54, 1.807) is 0 Å². The highest BCUT2D eigenvalue weighted by Gasteiger charge is 2.57. The molecular weight excluding hydrogens is 1340 g/mol. The van der Waals surface area contributed by atoms with Crippen LogP contribution in [-0.4, -0.2) is 18.0 Å². The van der Waals surface area contributed by atoms with E-state index in [-0.39, 0.29) is 91.7 Å². The first-order chi connectivity index (χ1) is 61.0. The second-order valence-corrected chi connectivity index (χ2v) is 29.7. The molecule has 0 N–H and O–H groups in total. The average Bonchev–Trinajstić information content (AvgIpc) is 0.732. The predicted molar refractivity (Wildman–Crippen MR) is 458 cm³/mol. The molecule has 0 saturated carbocycles. The number of aromatic nitrogens is 1. The molecule has 0 bridgehead atoms. The third-order valence-electron chi connectivity index (χ3n) is 22.9. The van der Waals surface area contributed by atoms with Gasteiger partial charge in [0.15, 0.2) is 23.0 Å². The topological polar surface area (TPSA) is 39.6 Å². The number of hydrogen-bond acceptors (Lipinski definition) is 7. The molecular formula is C100H66B2N6O2. The van der Waals surface area contributed by atoms with Crippen LogP contribution in [0.1, 0.15) is 48.3 Å². The molecule has 0 fully saturated rings. The van der Waals surface area contributed by atoms with Crippen molar-refractivity contribution in [2.75, 3.05) is 24.5 Å². The third kappa shape index (κ3) is 8.42. The Balaban J connectivity index is 0.975. The van der Waals surface area contributed by atoms with Crippen LogP contribution in [-0.2, 0) is 5.41 Å². The number of ether oxygens (including phenoxy) is 2. The number of benzene rings is 16. The Bertz CT molecular complexity index is 7630. The fourth-order valence-electron chi connectivity index (χ4n) is 18.3. The van der Waals surface area contributed by atoms with Crippen LogP contribution in [0.4, 0.5) is 85.3 Å². The summed E-state index contributed by atoms with van der Waals surface area (Å²) in [5, 5.41) is -0.583. The molecule has 7 aliphatic rings. The summed E-state index contributed by atoms with van der Waals surface area (Å²) in [5.41, 5.74) is 12.9. The van der Waals surface area contributed by atoms with E-state index < -0.39 is 91.0 Å². The van der Waals surface area contributed by atoms with Crippen molar-refractivity contribution < 1.29 is 31.4 Å². The van der Waals surface area contributed by atoms with E-state index >= 15 is 0 Å². The van der Waals surface area contributed by atoms with Gasteiger partial charge in [-0.1, -0.05) is 263 Å². The van der Waals surface area contributed by atoms with Gasteiger partial charge in [-0.3, -0.25) is 0 Å². The summed E-state index contributed by atoms with van der Waals surface area (Å²) in [7, 11) is 0. The number of nitrogens with zero attached hydrogens (tertiary/aromatic N) is 6. The van der Waals surface area contributed by atoms with Gasteiger partial charge in [0.2, 0.25) is 0 Å². The summed E-state index contributed by atoms with van der Waals surface area (Å²) in [6, 6.07) is 72.5. The lowest BCUT2D eigenvalue weighted by molar-refractivity contribution is 0.477. The lowest BCUT2D eigenvalue weighted by Crippen LogP contribution is -2.69. The maximum absolute atomic E-state index is 12.6. The molecule has 0 spiro atoms. The van der Waals surface area contributed by atoms with Gasteiger partial charge in [0.1, 0.15) is 0 Å². The van der Waals surface area contributed by atoms with Gasteiger partial charge in [-0.05, 0) is 169 Å². The molecule has 0 atom stereocenters. The molecule has 110 heavy (non-hydrogen) atoms. The van der Waals surface area contributed by atoms with Crippen molar-refractivity contribution in [3.8, 4) is 73.2 Å². The highest BCUT2D eigenvalue weighted by Crippen LogP contribution is 2.63. The molecule has 10 heteroatoms. The fourth-order valence-corrected chi connectivity index (χ4v) is 18.3. The van der Waals surface area contributed by atoms with Crippen LogP contribution in [0.15, 0.2) is 345 Å². The summed E-state index contributed by atoms with van der Waals surface area (Å²) in [4.78, 5) is 10.2. The summed E-state index contributed by atoms with van der Waals surface area (Å²) in [6.07, 6.45) is 0. The molecule has 7 aliphatic heterocycles. The van der Waals surface area contributed by atoms with Gasteiger partial charge in [0.25, 0.3) is 13.4 Å². The van der Waals surface area contributed by atoms with Crippen molar-refractivity contribution in [3.63, 3.8) is 0 Å². The minimum Gasteiger partial charge on any atom is -0.453 e. The highest BCUT2D eigenvalue weighted by atomic mass is 16.5. The molecule has 0 saturated heterocycles. The van der Waals surface area contributed by atoms with Gasteiger partial charge < -0.3 is 38.5 Å². The molecule has 8 heterocycles. The molecule has 0 amide bonds. The number of rotatable bonds is 8. The molecule has 514 valence electrons. The summed E-state index contributed by atoms with van der Waals surface area (Å²) in [5.74, 6) is 0.688. The van der Waals surface area contributed by atoms with E-state index in [0.29, 0.717) is 113 Å². The summed E-state index contributed by atoms with van der Waals surface area (Å²) >= 11 is 0. The first-order valence-electron chi connectivity index (χ1n) is 44.9. The maximum atomic E-state index is 12.6. The van der Waals surface area contributed by atoms with Gasteiger partial charge in [-0.2, -0.15) is 0 Å². The van der Waals surface area contributed by atoms with Crippen LogP contribution in [0.3, 0.4) is 0 Å². The summed E-state index contributed by atoms with van der Waals surface area (Å²) in [6.45, 7) is 3.82. The van der Waals surface area contributed by atoms with Crippen LogP contribution in [0, 0.1) is 0 Å². The fraction of sp³-hybridized carbons (Fsp3) is 0.0400. The zero-order valence-corrected chi connectivity index (χ0v) is 59.3. The van der Waals surface area contributed by atoms with Crippen LogP contribution in [0.25, 0.3) is 72.0 Å². The van der Waals surface area contributed by atoms with E-state index in [1.807, 2.05) is 215 Å². The van der Waals surface area contributed by atoms with Gasteiger partial charge in [-0.15, -0.1) is 0 Å². The standard InChI is InChI=1S/C100H66B2N6O2/c1-100(2,3)65-57-82-90-83(58-65)107(96-70(63-33-13-6-14-34-63)43-28-44-71(96)64-35-15-7-16-36-64)84-60-85-94-99(108-78-48-24-26-50-87(78)110-89-56-54-80-92(98(89)108)102(94)91-79(103(80)66-37-17-8-18-38-66)53-55-88-97(91)105(85)77-47-23-25-49-86(77)109-88)93(84)101(90)74-52-51-67(104-75-45-21-19-39-72(75)73-40-20-22-46-76(73)104)59-81(74)106(82)95-68(61-29-9-4-10-30-61)41-27-42-69(95)62-31-11-5-12-32-62/h4-60H,1-3H3/i19D,20D,21D,22D,39D,40D,45D,46D,51D,52D,53D,54D,55D,56D,59D,60D. The Labute approximate surface area is 661 Å². The lowest BCUT2D eigenvalue weighted by atomic mass is 9.28. The van der Waals surface area contributed by atoms with Crippen molar-refractivity contribution >= 4 is 153 Å². The van der Waals surface area contributed by atoms with E-state index in [2.05, 4.69) is 79.1 Å². The van der Waals surface area contributed by atoms with Crippen LogP contribution >= 0.6 is 0 Å². The number of anilines is 15. The first-order valence-corrected chi connectivity index (χ1v) is 36.9. The Morgan fingerprint density at radius 3 is 1.21 bits per heavy atom. The molecule has 16 aromatic carbocycles. The summed E-state index contributed by atoms with van der Waals surface area (Å²) < 4.78 is 183. The van der Waals surface area contributed by atoms with Gasteiger partial charge >= 0.3 is 0 Å². The molecule has 17 aromatic rings. The lowest BCUT2D eigenvalue weighted by Gasteiger charge is -2.54. The van der Waals surface area contributed by atoms with Crippen molar-refractivity contribution in [2.24, 2.45) is 0 Å². The van der Waals surface area contributed by atoms with Crippen molar-refractivity contribution in [1.82, 2.24) is 4.57 Å². The molecule has 0 unspecified atom stereocenters. The van der Waals surface area contributed by atoms with E-state index in [9.17, 15) is 21.9 Å². The zero-order chi connectivity index (χ0) is 86.3. The quantitative estimate of drug-likeness (QED) is 0.140. The minimum atomic E-state index is -1.42. The van der Waals surface area contributed by atoms with E-state index in [0.717, 1.165) is 38.9 Å². The normalized spacial score (nSPS) is 15.8. The molecule has 8 nitrogen and oxygen atoms in total. The maximum Gasteiger partial charge on any atom is 0.257 e. The smallest absolute Gasteiger partial charge is 0.257 e. The minimum absolute atomic E-state index is 0.00511. The SMILES string of the molecule is [2H]c1c([2H])c2c3c4c1Oc1ccccc1N4c1c([2H])c4c(c5c1B3c1c(c([2H])c([2H])c3c1N5c1ccccc1O3)N2c1ccccc1)B1c2c(cc(C(C)(C)C)cc2N4c2c(-c3ccccc3)cccc2-c2ccccc2)N(c2c(-c3ccccc3)cccc2-c2ccccc2)c2c([2H])c(-n3c4c([2H])c([2H])c([2H])c([2H])c4c4c([2H])c([2H])c([2H])c([2H])c43)c([2H])c([2H])c21. The molecule has 0 aliphatic carbocycles. The van der Waals surface area contributed by atoms with E-state index in [4.69, 9.17) is 9.47 Å². The Hall–Kier alpha value is -14.0. The van der Waals surface area contributed by atoms with Gasteiger partial charge in [0, 0.05) is 89.9 Å². The molecule has 24 rings (SSSR count). The Morgan fingerprint density at radius 2 is 0.709 bits per heavy atom.